The summed E-state index contributed by atoms with van der Waals surface area (Å²) in [6.07, 6.45) is 5.77. The van der Waals surface area contributed by atoms with Crippen molar-refractivity contribution in [2.75, 3.05) is 18.0 Å². The van der Waals surface area contributed by atoms with E-state index >= 15 is 0 Å². The zero-order valence-corrected chi connectivity index (χ0v) is 18.9. The van der Waals surface area contributed by atoms with Crippen LogP contribution in [0.4, 0.5) is 5.82 Å². The van der Waals surface area contributed by atoms with Gasteiger partial charge in [-0.1, -0.05) is 24.9 Å². The molecular weight excluding hydrogens is 408 g/mol. The van der Waals surface area contributed by atoms with Crippen LogP contribution in [0.3, 0.4) is 0 Å². The van der Waals surface area contributed by atoms with E-state index in [1.165, 1.54) is 5.56 Å². The summed E-state index contributed by atoms with van der Waals surface area (Å²) in [5, 5.41) is 0.707. The summed E-state index contributed by atoms with van der Waals surface area (Å²) < 4.78 is 6.10. The minimum atomic E-state index is 0.304. The fraction of sp³-hybridized carbons (Fsp3) is 0.360. The quantitative estimate of drug-likeness (QED) is 0.530. The van der Waals surface area contributed by atoms with Crippen molar-refractivity contribution in [1.29, 1.82) is 0 Å². The fourth-order valence-electron chi connectivity index (χ4n) is 3.95. The Hall–Kier alpha value is -2.63. The molecule has 1 aliphatic heterocycles. The van der Waals surface area contributed by atoms with Gasteiger partial charge in [0.2, 0.25) is 5.88 Å². The molecule has 0 atom stereocenters. The number of ether oxygens (including phenoxy) is 1. The highest BCUT2D eigenvalue weighted by atomic mass is 35.5. The number of pyridine rings is 2. The van der Waals surface area contributed by atoms with Gasteiger partial charge >= 0.3 is 0 Å². The van der Waals surface area contributed by atoms with E-state index in [1.807, 2.05) is 37.3 Å². The average Bonchev–Trinajstić information content (AvgIpc) is 2.74. The van der Waals surface area contributed by atoms with Gasteiger partial charge in [0.05, 0.1) is 11.9 Å². The van der Waals surface area contributed by atoms with Gasteiger partial charge in [0.15, 0.2) is 0 Å². The van der Waals surface area contributed by atoms with E-state index in [4.69, 9.17) is 27.1 Å². The first-order valence-electron chi connectivity index (χ1n) is 10.9. The maximum Gasteiger partial charge on any atom is 0.220 e. The third kappa shape index (κ3) is 5.54. The fourth-order valence-corrected chi connectivity index (χ4v) is 4.24. The summed E-state index contributed by atoms with van der Waals surface area (Å²) in [7, 11) is 0. The van der Waals surface area contributed by atoms with Crippen molar-refractivity contribution >= 4 is 17.4 Å². The molecule has 1 aliphatic rings. The second-order valence-electron chi connectivity index (χ2n) is 8.24. The molecule has 3 aromatic rings. The van der Waals surface area contributed by atoms with Gasteiger partial charge in [0.1, 0.15) is 11.6 Å². The molecule has 0 radical (unpaired) electrons. The van der Waals surface area contributed by atoms with E-state index < -0.39 is 0 Å². The maximum absolute atomic E-state index is 6.28. The first kappa shape index (κ1) is 21.6. The topological polar surface area (TPSA) is 64.3 Å². The number of nitrogens with zero attached hydrogens (tertiary/aromatic N) is 3. The number of nitrogens with two attached hydrogens (primary N) is 1. The van der Waals surface area contributed by atoms with Crippen molar-refractivity contribution in [3.63, 3.8) is 0 Å². The number of aryl methyl sites for hydroxylation is 2. The predicted octanol–water partition coefficient (Wildman–Crippen LogP) is 5.78. The van der Waals surface area contributed by atoms with Crippen LogP contribution in [-0.2, 0) is 6.42 Å². The Labute approximate surface area is 189 Å². The van der Waals surface area contributed by atoms with Crippen molar-refractivity contribution in [2.24, 2.45) is 5.73 Å². The summed E-state index contributed by atoms with van der Waals surface area (Å²) in [5.74, 6) is 2.20. The zero-order valence-electron chi connectivity index (χ0n) is 18.1. The number of anilines is 1. The summed E-state index contributed by atoms with van der Waals surface area (Å²) >= 11 is 6.28. The van der Waals surface area contributed by atoms with Gasteiger partial charge in [-0.3, -0.25) is 0 Å². The summed E-state index contributed by atoms with van der Waals surface area (Å²) in [6, 6.07) is 14.4. The lowest BCUT2D eigenvalue weighted by Gasteiger charge is -2.31. The molecule has 4 rings (SSSR count). The number of aromatic nitrogens is 2. The van der Waals surface area contributed by atoms with Gasteiger partial charge in [-0.05, 0) is 73.7 Å². The zero-order chi connectivity index (χ0) is 21.8. The van der Waals surface area contributed by atoms with E-state index in [-0.39, 0.29) is 0 Å². The highest BCUT2D eigenvalue weighted by Crippen LogP contribution is 2.29. The van der Waals surface area contributed by atoms with E-state index in [0.717, 1.165) is 61.4 Å². The van der Waals surface area contributed by atoms with Crippen molar-refractivity contribution < 1.29 is 4.74 Å². The minimum Gasteiger partial charge on any atom is -0.437 e. The van der Waals surface area contributed by atoms with Crippen LogP contribution in [0.5, 0.6) is 11.6 Å². The van der Waals surface area contributed by atoms with Crippen molar-refractivity contribution in [2.45, 2.75) is 45.6 Å². The molecule has 31 heavy (non-hydrogen) atoms. The van der Waals surface area contributed by atoms with Crippen LogP contribution in [0.2, 0.25) is 5.02 Å². The molecule has 0 unspecified atom stereocenters. The van der Waals surface area contributed by atoms with E-state index in [2.05, 4.69) is 28.9 Å². The molecule has 0 saturated carbocycles. The van der Waals surface area contributed by atoms with E-state index in [1.54, 1.807) is 6.20 Å². The van der Waals surface area contributed by atoms with Crippen LogP contribution >= 0.6 is 11.6 Å². The lowest BCUT2D eigenvalue weighted by atomic mass is 10.0. The van der Waals surface area contributed by atoms with Gasteiger partial charge in [-0.25, -0.2) is 9.97 Å². The summed E-state index contributed by atoms with van der Waals surface area (Å²) in [5.41, 5.74) is 10.2. The number of piperidine rings is 1. The van der Waals surface area contributed by atoms with E-state index in [9.17, 15) is 0 Å². The molecule has 3 heterocycles. The molecule has 1 aromatic carbocycles. The highest BCUT2D eigenvalue weighted by Gasteiger charge is 2.17. The Morgan fingerprint density at radius 2 is 1.94 bits per heavy atom. The molecule has 2 aromatic heterocycles. The lowest BCUT2D eigenvalue weighted by Crippen LogP contribution is -2.40. The van der Waals surface area contributed by atoms with Crippen molar-refractivity contribution in [1.82, 2.24) is 9.97 Å². The average molecular weight is 437 g/mol. The third-order valence-corrected chi connectivity index (χ3v) is 5.76. The second kappa shape index (κ2) is 9.67. The van der Waals surface area contributed by atoms with Crippen LogP contribution in [0.25, 0.3) is 11.3 Å². The Kier molecular flexibility index (Phi) is 6.73. The standard InChI is InChI=1S/C25H29ClN4O/c1-3-4-18-13-23(19-11-17(2)12-20(26)15-19)29-25(14-18)31-22-5-6-24(28-16-22)30-9-7-21(27)8-10-30/h5-6,11-16,21H,3-4,7-10,27H2,1-2H3. The number of benzene rings is 1. The largest absolute Gasteiger partial charge is 0.437 e. The molecule has 5 nitrogen and oxygen atoms in total. The van der Waals surface area contributed by atoms with Crippen LogP contribution in [-0.4, -0.2) is 29.1 Å². The summed E-state index contributed by atoms with van der Waals surface area (Å²) in [4.78, 5) is 11.6. The Bertz CT molecular complexity index is 1010. The molecule has 1 fully saturated rings. The monoisotopic (exact) mass is 436 g/mol. The van der Waals surface area contributed by atoms with Gasteiger partial charge in [0.25, 0.3) is 0 Å². The van der Waals surface area contributed by atoms with Gasteiger partial charge in [-0.15, -0.1) is 0 Å². The molecule has 0 bridgehead atoms. The SMILES string of the molecule is CCCc1cc(Oc2ccc(N3CCC(N)CC3)nc2)nc(-c2cc(C)cc(Cl)c2)c1. The molecule has 0 amide bonds. The van der Waals surface area contributed by atoms with E-state index in [0.29, 0.717) is 22.7 Å². The smallest absolute Gasteiger partial charge is 0.220 e. The molecule has 0 aliphatic carbocycles. The number of hydrogen-bond acceptors (Lipinski definition) is 5. The molecule has 1 saturated heterocycles. The number of rotatable bonds is 6. The van der Waals surface area contributed by atoms with Crippen LogP contribution in [0, 0.1) is 6.92 Å². The van der Waals surface area contributed by atoms with Gasteiger partial charge in [0, 0.05) is 35.8 Å². The van der Waals surface area contributed by atoms with Crippen LogP contribution < -0.4 is 15.4 Å². The number of halogens is 1. The molecule has 0 spiro atoms. The van der Waals surface area contributed by atoms with Gasteiger partial charge in [-0.2, -0.15) is 0 Å². The van der Waals surface area contributed by atoms with Crippen LogP contribution in [0.15, 0.2) is 48.7 Å². The Morgan fingerprint density at radius 1 is 1.13 bits per heavy atom. The van der Waals surface area contributed by atoms with Crippen LogP contribution in [0.1, 0.15) is 37.3 Å². The Balaban J connectivity index is 1.56. The first-order chi connectivity index (χ1) is 15.0. The first-order valence-corrected chi connectivity index (χ1v) is 11.3. The predicted molar refractivity (Wildman–Crippen MR) is 127 cm³/mol. The highest BCUT2D eigenvalue weighted by molar-refractivity contribution is 6.30. The second-order valence-corrected chi connectivity index (χ2v) is 8.68. The lowest BCUT2D eigenvalue weighted by molar-refractivity contribution is 0.459. The molecular formula is C25H29ClN4O. The third-order valence-electron chi connectivity index (χ3n) is 5.54. The Morgan fingerprint density at radius 3 is 2.61 bits per heavy atom. The summed E-state index contributed by atoms with van der Waals surface area (Å²) in [6.45, 7) is 6.08. The van der Waals surface area contributed by atoms with Crippen molar-refractivity contribution in [3.8, 4) is 22.9 Å². The van der Waals surface area contributed by atoms with Crippen molar-refractivity contribution in [3.05, 3.63) is 64.8 Å². The van der Waals surface area contributed by atoms with Gasteiger partial charge < -0.3 is 15.4 Å². The molecule has 162 valence electrons. The molecule has 2 N–H and O–H groups in total. The normalized spacial score (nSPS) is 14.6. The number of hydrogen-bond donors (Lipinski definition) is 1. The maximum atomic E-state index is 6.28. The minimum absolute atomic E-state index is 0.304. The molecule has 6 heteroatoms.